The molecule has 0 amide bonds. The third-order valence-corrected chi connectivity index (χ3v) is 1.86. The van der Waals surface area contributed by atoms with E-state index in [4.69, 9.17) is 5.11 Å². The van der Waals surface area contributed by atoms with Crippen LogP contribution in [0, 0.1) is 6.92 Å². The third-order valence-electron chi connectivity index (χ3n) is 1.47. The van der Waals surface area contributed by atoms with Gasteiger partial charge in [-0.2, -0.15) is 4.57 Å². The molecule has 1 N–H and O–H groups in total. The van der Waals surface area contributed by atoms with Crippen LogP contribution < -0.4 is 4.57 Å². The van der Waals surface area contributed by atoms with E-state index in [9.17, 15) is 4.79 Å². The normalized spacial score (nSPS) is 9.83. The van der Waals surface area contributed by atoms with E-state index in [0.717, 1.165) is 5.56 Å². The van der Waals surface area contributed by atoms with Crippen LogP contribution >= 0.6 is 12.6 Å². The van der Waals surface area contributed by atoms with Gasteiger partial charge in [-0.3, -0.25) is 0 Å². The standard InChI is InChI=1S/C8H9NO2S/c1-6-2-3-9(5-8(10)11)7(12)4-6/h2-4H,5H2,1H3,(H,10,11)/p+1. The summed E-state index contributed by atoms with van der Waals surface area (Å²) in [6.45, 7) is 1.89. The maximum Gasteiger partial charge on any atom is 0.370 e. The van der Waals surface area contributed by atoms with Crippen molar-refractivity contribution in [2.24, 2.45) is 0 Å². The van der Waals surface area contributed by atoms with Gasteiger partial charge in [0.25, 0.3) is 0 Å². The van der Waals surface area contributed by atoms with Crippen LogP contribution in [0.3, 0.4) is 0 Å². The zero-order valence-electron chi connectivity index (χ0n) is 6.69. The van der Waals surface area contributed by atoms with Crippen LogP contribution in [0.25, 0.3) is 0 Å². The van der Waals surface area contributed by atoms with E-state index in [1.807, 2.05) is 19.1 Å². The maximum atomic E-state index is 10.4. The van der Waals surface area contributed by atoms with Gasteiger partial charge in [0, 0.05) is 12.1 Å². The van der Waals surface area contributed by atoms with Gasteiger partial charge < -0.3 is 5.11 Å². The Balaban J connectivity index is 2.93. The SMILES string of the molecule is Cc1cc[n+](CC(=O)O)c(S)c1. The predicted octanol–water partition coefficient (Wildman–Crippen LogP) is 0.656. The highest BCUT2D eigenvalue weighted by Gasteiger charge is 2.10. The minimum Gasteiger partial charge on any atom is -0.477 e. The molecular formula is C8H10NO2S+. The van der Waals surface area contributed by atoms with Gasteiger partial charge in [-0.1, -0.05) is 12.6 Å². The summed E-state index contributed by atoms with van der Waals surface area (Å²) in [5, 5.41) is 9.17. The predicted molar refractivity (Wildman–Crippen MR) is 46.3 cm³/mol. The maximum absolute atomic E-state index is 10.4. The second-order valence-electron chi connectivity index (χ2n) is 2.58. The van der Waals surface area contributed by atoms with Gasteiger partial charge in [-0.25, -0.2) is 4.79 Å². The van der Waals surface area contributed by atoms with Crippen molar-refractivity contribution < 1.29 is 14.5 Å². The van der Waals surface area contributed by atoms with E-state index in [2.05, 4.69) is 12.6 Å². The van der Waals surface area contributed by atoms with Crippen molar-refractivity contribution in [3.05, 3.63) is 23.9 Å². The summed E-state index contributed by atoms with van der Waals surface area (Å²) in [6, 6.07) is 3.68. The number of carboxylic acid groups (broad SMARTS) is 1. The first-order valence-electron chi connectivity index (χ1n) is 3.50. The van der Waals surface area contributed by atoms with E-state index in [1.54, 1.807) is 10.8 Å². The lowest BCUT2D eigenvalue weighted by Crippen LogP contribution is -2.39. The number of aliphatic carboxylic acids is 1. The molecule has 1 aromatic heterocycles. The van der Waals surface area contributed by atoms with Crippen LogP contribution in [0.1, 0.15) is 5.56 Å². The van der Waals surface area contributed by atoms with Crippen molar-refractivity contribution in [1.82, 2.24) is 0 Å². The Labute approximate surface area is 76.1 Å². The first kappa shape index (κ1) is 9.06. The summed E-state index contributed by atoms with van der Waals surface area (Å²) < 4.78 is 1.57. The first-order valence-corrected chi connectivity index (χ1v) is 3.95. The molecule has 1 aromatic rings. The van der Waals surface area contributed by atoms with E-state index >= 15 is 0 Å². The Morgan fingerprint density at radius 3 is 2.92 bits per heavy atom. The molecule has 3 nitrogen and oxygen atoms in total. The van der Waals surface area contributed by atoms with Crippen molar-refractivity contribution in [2.45, 2.75) is 18.5 Å². The van der Waals surface area contributed by atoms with E-state index in [-0.39, 0.29) is 6.54 Å². The third kappa shape index (κ3) is 2.23. The second kappa shape index (κ2) is 3.58. The second-order valence-corrected chi connectivity index (χ2v) is 3.04. The summed E-state index contributed by atoms with van der Waals surface area (Å²) >= 11 is 4.14. The Hall–Kier alpha value is -1.03. The number of carbonyl (C=O) groups is 1. The fourth-order valence-electron chi connectivity index (χ4n) is 0.898. The lowest BCUT2D eigenvalue weighted by atomic mass is 10.3. The van der Waals surface area contributed by atoms with Crippen molar-refractivity contribution in [3.8, 4) is 0 Å². The highest BCUT2D eigenvalue weighted by molar-refractivity contribution is 7.80. The number of pyridine rings is 1. The number of hydrogen-bond donors (Lipinski definition) is 2. The largest absolute Gasteiger partial charge is 0.477 e. The highest BCUT2D eigenvalue weighted by Crippen LogP contribution is 2.01. The molecule has 0 aliphatic heterocycles. The monoisotopic (exact) mass is 184 g/mol. The fourth-order valence-corrected chi connectivity index (χ4v) is 1.24. The summed E-state index contributed by atoms with van der Waals surface area (Å²) in [6.07, 6.45) is 1.71. The molecule has 0 atom stereocenters. The first-order chi connectivity index (χ1) is 5.59. The molecular weight excluding hydrogens is 174 g/mol. The molecule has 0 bridgehead atoms. The van der Waals surface area contributed by atoms with Crippen LogP contribution in [-0.4, -0.2) is 11.1 Å². The van der Waals surface area contributed by atoms with Crippen molar-refractivity contribution >= 4 is 18.6 Å². The molecule has 64 valence electrons. The van der Waals surface area contributed by atoms with E-state index in [1.165, 1.54) is 0 Å². The van der Waals surface area contributed by atoms with Crippen molar-refractivity contribution in [2.75, 3.05) is 0 Å². The summed E-state index contributed by atoms with van der Waals surface area (Å²) in [4.78, 5) is 10.4. The number of aryl methyl sites for hydroxylation is 1. The Morgan fingerprint density at radius 2 is 2.42 bits per heavy atom. The Morgan fingerprint density at radius 1 is 1.75 bits per heavy atom. The Kier molecular flexibility index (Phi) is 2.70. The molecule has 12 heavy (non-hydrogen) atoms. The molecule has 0 saturated heterocycles. The molecule has 0 radical (unpaired) electrons. The van der Waals surface area contributed by atoms with Gasteiger partial charge in [0.1, 0.15) is 0 Å². The number of nitrogens with zero attached hydrogens (tertiary/aromatic N) is 1. The van der Waals surface area contributed by atoms with Crippen LogP contribution in [0.5, 0.6) is 0 Å². The molecule has 0 fully saturated rings. The number of rotatable bonds is 2. The molecule has 0 spiro atoms. The molecule has 0 aliphatic rings. The van der Waals surface area contributed by atoms with Gasteiger partial charge in [0.15, 0.2) is 6.20 Å². The summed E-state index contributed by atoms with van der Waals surface area (Å²) in [5.41, 5.74) is 1.07. The van der Waals surface area contributed by atoms with E-state index < -0.39 is 5.97 Å². The van der Waals surface area contributed by atoms with Gasteiger partial charge in [0.2, 0.25) is 11.6 Å². The summed E-state index contributed by atoms with van der Waals surface area (Å²) in [5.74, 6) is -0.862. The molecule has 0 aromatic carbocycles. The zero-order valence-corrected chi connectivity index (χ0v) is 7.58. The van der Waals surface area contributed by atoms with Crippen molar-refractivity contribution in [1.29, 1.82) is 0 Å². The van der Waals surface area contributed by atoms with Crippen LogP contribution in [-0.2, 0) is 11.3 Å². The summed E-state index contributed by atoms with van der Waals surface area (Å²) in [7, 11) is 0. The molecule has 0 saturated carbocycles. The number of thiol groups is 1. The van der Waals surface area contributed by atoms with Gasteiger partial charge in [-0.15, -0.1) is 0 Å². The topological polar surface area (TPSA) is 41.2 Å². The quantitative estimate of drug-likeness (QED) is 0.523. The number of carboxylic acids is 1. The minimum absolute atomic E-state index is 0.0425. The fraction of sp³-hybridized carbons (Fsp3) is 0.250. The van der Waals surface area contributed by atoms with Crippen LogP contribution in [0.4, 0.5) is 0 Å². The van der Waals surface area contributed by atoms with Crippen LogP contribution in [0.15, 0.2) is 23.4 Å². The molecule has 1 rings (SSSR count). The molecule has 0 aliphatic carbocycles. The molecule has 0 unspecified atom stereocenters. The highest BCUT2D eigenvalue weighted by atomic mass is 32.1. The van der Waals surface area contributed by atoms with Crippen molar-refractivity contribution in [3.63, 3.8) is 0 Å². The number of hydrogen-bond acceptors (Lipinski definition) is 2. The Bertz CT molecular complexity index is 312. The van der Waals surface area contributed by atoms with Crippen LogP contribution in [0.2, 0.25) is 0 Å². The average Bonchev–Trinajstić information content (AvgIpc) is 1.94. The molecule has 4 heteroatoms. The lowest BCUT2D eigenvalue weighted by Gasteiger charge is -1.96. The molecule has 1 heterocycles. The minimum atomic E-state index is -0.862. The van der Waals surface area contributed by atoms with Gasteiger partial charge in [0.05, 0.1) is 0 Å². The van der Waals surface area contributed by atoms with E-state index in [0.29, 0.717) is 5.03 Å². The smallest absolute Gasteiger partial charge is 0.370 e. The average molecular weight is 184 g/mol. The number of aromatic nitrogens is 1. The zero-order chi connectivity index (χ0) is 9.14. The van der Waals surface area contributed by atoms with Gasteiger partial charge in [-0.05, 0) is 12.5 Å². The lowest BCUT2D eigenvalue weighted by molar-refractivity contribution is -0.721. The van der Waals surface area contributed by atoms with Gasteiger partial charge >= 0.3 is 5.97 Å².